The molecule has 2 aromatic carbocycles. The lowest BCUT2D eigenvalue weighted by molar-refractivity contribution is -0.137. The number of benzene rings is 2. The molecule has 4 rings (SSSR count). The van der Waals surface area contributed by atoms with Crippen molar-refractivity contribution in [3.8, 4) is 0 Å². The number of carbonyl (C=O) groups is 2. The van der Waals surface area contributed by atoms with Gasteiger partial charge in [-0.15, -0.1) is 0 Å². The predicted octanol–water partition coefficient (Wildman–Crippen LogP) is 3.70. The maximum atomic E-state index is 13.2. The normalized spacial score (nSPS) is 17.4. The number of carbonyl (C=O) groups excluding carboxylic acids is 2. The van der Waals surface area contributed by atoms with Crippen molar-refractivity contribution in [1.82, 2.24) is 15.8 Å². The lowest BCUT2D eigenvalue weighted by Crippen LogP contribution is -2.44. The first-order valence-corrected chi connectivity index (χ1v) is 10.5. The van der Waals surface area contributed by atoms with Crippen LogP contribution in [-0.4, -0.2) is 21.9 Å². The number of aromatic nitrogens is 1. The highest BCUT2D eigenvalue weighted by Crippen LogP contribution is 2.40. The van der Waals surface area contributed by atoms with Gasteiger partial charge in [0.1, 0.15) is 6.61 Å². The second kappa shape index (κ2) is 9.67. The number of aliphatic hydroxyl groups excluding tert-OH is 1. The van der Waals surface area contributed by atoms with Crippen LogP contribution >= 0.6 is 23.2 Å². The molecule has 7 nitrogen and oxygen atoms in total. The number of nitrogens with one attached hydrogen (secondary N) is 2. The van der Waals surface area contributed by atoms with Gasteiger partial charge in [-0.05, 0) is 41.0 Å². The fourth-order valence-electron chi connectivity index (χ4n) is 3.64. The Morgan fingerprint density at radius 1 is 1.12 bits per heavy atom. The van der Waals surface area contributed by atoms with E-state index in [2.05, 4.69) is 15.8 Å². The van der Waals surface area contributed by atoms with Gasteiger partial charge in [-0.2, -0.15) is 0 Å². The number of rotatable bonds is 6. The summed E-state index contributed by atoms with van der Waals surface area (Å²) in [6, 6.07) is 14.5. The first-order valence-electron chi connectivity index (χ1n) is 9.79. The molecule has 0 saturated heterocycles. The minimum atomic E-state index is -0.785. The van der Waals surface area contributed by atoms with Crippen LogP contribution in [0.4, 0.5) is 0 Å². The first kappa shape index (κ1) is 22.2. The quantitative estimate of drug-likeness (QED) is 0.475. The average molecular weight is 472 g/mol. The van der Waals surface area contributed by atoms with E-state index in [1.54, 1.807) is 54.6 Å². The lowest BCUT2D eigenvalue weighted by atomic mass is 9.80. The molecule has 0 spiro atoms. The predicted molar refractivity (Wildman–Crippen MR) is 119 cm³/mol. The third kappa shape index (κ3) is 4.61. The van der Waals surface area contributed by atoms with Crippen LogP contribution in [0.5, 0.6) is 0 Å². The van der Waals surface area contributed by atoms with Crippen LogP contribution in [-0.2, 0) is 22.8 Å². The minimum Gasteiger partial charge on any atom is -0.392 e. The van der Waals surface area contributed by atoms with Crippen molar-refractivity contribution in [2.24, 2.45) is 0 Å². The summed E-state index contributed by atoms with van der Waals surface area (Å²) >= 11 is 12.4. The molecule has 1 aromatic heterocycles. The van der Waals surface area contributed by atoms with Crippen molar-refractivity contribution >= 4 is 35.0 Å². The van der Waals surface area contributed by atoms with E-state index >= 15 is 0 Å². The van der Waals surface area contributed by atoms with Crippen LogP contribution in [0.3, 0.4) is 0 Å². The molecule has 0 fully saturated rings. The summed E-state index contributed by atoms with van der Waals surface area (Å²) in [5, 5.41) is 12.8. The molecule has 1 aliphatic heterocycles. The summed E-state index contributed by atoms with van der Waals surface area (Å²) in [7, 11) is 0. The number of halogens is 2. The van der Waals surface area contributed by atoms with Gasteiger partial charge in [0.05, 0.1) is 24.3 Å². The molecule has 2 amide bonds. The SMILES string of the molecule is O=C1N[C@@H](c2ccc(Cl)cc2Cl)[C@H](C(=O)NOCc2ccc(CO)cn2)c2ccccc21. The van der Waals surface area contributed by atoms with Gasteiger partial charge in [-0.1, -0.05) is 53.5 Å². The number of amides is 2. The summed E-state index contributed by atoms with van der Waals surface area (Å²) in [6.45, 7) is -0.0725. The highest BCUT2D eigenvalue weighted by molar-refractivity contribution is 6.35. The Labute approximate surface area is 194 Å². The number of hydroxylamine groups is 1. The number of hydrogen-bond donors (Lipinski definition) is 3. The van der Waals surface area contributed by atoms with E-state index in [0.717, 1.165) is 0 Å². The largest absolute Gasteiger partial charge is 0.392 e. The summed E-state index contributed by atoms with van der Waals surface area (Å²) in [5.41, 5.74) is 5.27. The molecular formula is C23H19Cl2N3O4. The third-order valence-corrected chi connectivity index (χ3v) is 5.76. The fraction of sp³-hybridized carbons (Fsp3) is 0.174. The Hall–Kier alpha value is -2.97. The van der Waals surface area contributed by atoms with Crippen molar-refractivity contribution in [1.29, 1.82) is 0 Å². The Kier molecular flexibility index (Phi) is 6.72. The first-order chi connectivity index (χ1) is 15.5. The van der Waals surface area contributed by atoms with Crippen molar-refractivity contribution in [3.63, 3.8) is 0 Å². The van der Waals surface area contributed by atoms with E-state index in [4.69, 9.17) is 33.1 Å². The molecular weight excluding hydrogens is 453 g/mol. The van der Waals surface area contributed by atoms with Gasteiger partial charge in [-0.25, -0.2) is 5.48 Å². The van der Waals surface area contributed by atoms with E-state index < -0.39 is 17.9 Å². The molecule has 0 radical (unpaired) electrons. The van der Waals surface area contributed by atoms with Crippen LogP contribution in [0.2, 0.25) is 10.0 Å². The van der Waals surface area contributed by atoms with Gasteiger partial charge in [-0.3, -0.25) is 19.4 Å². The van der Waals surface area contributed by atoms with Crippen LogP contribution in [0.25, 0.3) is 0 Å². The maximum Gasteiger partial charge on any atom is 0.253 e. The van der Waals surface area contributed by atoms with E-state index in [-0.39, 0.29) is 19.1 Å². The molecule has 0 bridgehead atoms. The van der Waals surface area contributed by atoms with Gasteiger partial charge in [0.2, 0.25) is 0 Å². The summed E-state index contributed by atoms with van der Waals surface area (Å²) in [5.74, 6) is -1.53. The summed E-state index contributed by atoms with van der Waals surface area (Å²) in [6.07, 6.45) is 1.53. The van der Waals surface area contributed by atoms with Gasteiger partial charge in [0, 0.05) is 21.8 Å². The minimum absolute atomic E-state index is 0.0323. The molecule has 3 N–H and O–H groups in total. The van der Waals surface area contributed by atoms with Crippen molar-refractivity contribution in [2.75, 3.05) is 0 Å². The Bertz CT molecular complexity index is 1150. The topological polar surface area (TPSA) is 101 Å². The zero-order valence-corrected chi connectivity index (χ0v) is 18.2. The summed E-state index contributed by atoms with van der Waals surface area (Å²) < 4.78 is 0. The smallest absolute Gasteiger partial charge is 0.253 e. The molecule has 0 unspecified atom stereocenters. The molecule has 164 valence electrons. The number of fused-ring (bicyclic) bond motifs is 1. The Morgan fingerprint density at radius 2 is 1.94 bits per heavy atom. The zero-order chi connectivity index (χ0) is 22.7. The van der Waals surface area contributed by atoms with Gasteiger partial charge in [0.15, 0.2) is 0 Å². The van der Waals surface area contributed by atoms with E-state index in [0.29, 0.717) is 38.0 Å². The van der Waals surface area contributed by atoms with Crippen molar-refractivity contribution in [2.45, 2.75) is 25.2 Å². The molecule has 3 aromatic rings. The maximum absolute atomic E-state index is 13.2. The Morgan fingerprint density at radius 3 is 2.66 bits per heavy atom. The average Bonchev–Trinajstić information content (AvgIpc) is 2.79. The highest BCUT2D eigenvalue weighted by atomic mass is 35.5. The van der Waals surface area contributed by atoms with E-state index in [1.807, 2.05) is 0 Å². The van der Waals surface area contributed by atoms with Gasteiger partial charge in [0.25, 0.3) is 11.8 Å². The van der Waals surface area contributed by atoms with Gasteiger partial charge < -0.3 is 10.4 Å². The molecule has 0 aliphatic carbocycles. The second-order valence-electron chi connectivity index (χ2n) is 7.25. The molecule has 0 saturated carbocycles. The van der Waals surface area contributed by atoms with Crippen molar-refractivity contribution < 1.29 is 19.5 Å². The number of aliphatic hydroxyl groups is 1. The number of pyridine rings is 1. The highest BCUT2D eigenvalue weighted by Gasteiger charge is 2.40. The van der Waals surface area contributed by atoms with Crippen molar-refractivity contribution in [3.05, 3.63) is 98.8 Å². The fourth-order valence-corrected chi connectivity index (χ4v) is 4.17. The zero-order valence-electron chi connectivity index (χ0n) is 16.7. The van der Waals surface area contributed by atoms with Crippen LogP contribution in [0, 0.1) is 0 Å². The van der Waals surface area contributed by atoms with Crippen LogP contribution in [0.1, 0.15) is 44.7 Å². The summed E-state index contributed by atoms with van der Waals surface area (Å²) in [4.78, 5) is 35.5. The molecule has 32 heavy (non-hydrogen) atoms. The van der Waals surface area contributed by atoms with E-state index in [9.17, 15) is 9.59 Å². The van der Waals surface area contributed by atoms with Gasteiger partial charge >= 0.3 is 0 Å². The lowest BCUT2D eigenvalue weighted by Gasteiger charge is -2.33. The molecule has 2 atom stereocenters. The van der Waals surface area contributed by atoms with Crippen LogP contribution in [0.15, 0.2) is 60.8 Å². The number of hydrogen-bond acceptors (Lipinski definition) is 5. The molecule has 2 heterocycles. The second-order valence-corrected chi connectivity index (χ2v) is 8.10. The standard InChI is InChI=1S/C23H19Cl2N3O4/c24-14-6-8-18(19(25)9-14)21-20(16-3-1-2-4-17(16)22(30)27-21)23(31)28-32-12-15-7-5-13(11-29)10-26-15/h1-10,20-21,29H,11-12H2,(H,27,30)(H,28,31)/t20-,21+/m1/s1. The molecule has 9 heteroatoms. The monoisotopic (exact) mass is 471 g/mol. The Balaban J connectivity index is 1.58. The third-order valence-electron chi connectivity index (χ3n) is 5.20. The number of nitrogens with zero attached hydrogens (tertiary/aromatic N) is 1. The van der Waals surface area contributed by atoms with Crippen LogP contribution < -0.4 is 10.8 Å². The van der Waals surface area contributed by atoms with E-state index in [1.165, 1.54) is 6.20 Å². The molecule has 1 aliphatic rings.